The SMILES string of the molecule is CCC1CCC(N(C)c2nc3c(s2)CCCC3=O)CC1. The van der Waals surface area contributed by atoms with Crippen molar-refractivity contribution in [2.45, 2.75) is 64.3 Å². The first kappa shape index (κ1) is 14.1. The van der Waals surface area contributed by atoms with Crippen LogP contribution < -0.4 is 4.90 Å². The Kier molecular flexibility index (Phi) is 4.11. The van der Waals surface area contributed by atoms with E-state index < -0.39 is 0 Å². The van der Waals surface area contributed by atoms with Gasteiger partial charge in [-0.2, -0.15) is 0 Å². The molecule has 1 heterocycles. The van der Waals surface area contributed by atoms with Crippen LogP contribution in [0, 0.1) is 5.92 Å². The Labute approximate surface area is 125 Å². The molecule has 0 bridgehead atoms. The highest BCUT2D eigenvalue weighted by Gasteiger charge is 2.28. The van der Waals surface area contributed by atoms with Gasteiger partial charge in [0, 0.05) is 24.4 Å². The highest BCUT2D eigenvalue weighted by molar-refractivity contribution is 7.16. The Hall–Kier alpha value is -0.900. The molecular weight excluding hydrogens is 268 g/mol. The van der Waals surface area contributed by atoms with Crippen molar-refractivity contribution >= 4 is 22.3 Å². The van der Waals surface area contributed by atoms with Crippen LogP contribution in [0.25, 0.3) is 0 Å². The smallest absolute Gasteiger partial charge is 0.186 e. The zero-order valence-corrected chi connectivity index (χ0v) is 13.3. The van der Waals surface area contributed by atoms with Crippen LogP contribution in [0.15, 0.2) is 0 Å². The molecule has 0 unspecified atom stereocenters. The Morgan fingerprint density at radius 2 is 2.00 bits per heavy atom. The molecule has 2 aliphatic carbocycles. The van der Waals surface area contributed by atoms with Crippen molar-refractivity contribution in [3.8, 4) is 0 Å². The van der Waals surface area contributed by atoms with E-state index in [9.17, 15) is 4.79 Å². The van der Waals surface area contributed by atoms with Crippen LogP contribution in [-0.4, -0.2) is 23.9 Å². The summed E-state index contributed by atoms with van der Waals surface area (Å²) in [7, 11) is 2.16. The summed E-state index contributed by atoms with van der Waals surface area (Å²) in [4.78, 5) is 20.1. The normalized spacial score (nSPS) is 26.4. The van der Waals surface area contributed by atoms with Crippen LogP contribution in [-0.2, 0) is 6.42 Å². The lowest BCUT2D eigenvalue weighted by Gasteiger charge is -2.34. The van der Waals surface area contributed by atoms with Crippen molar-refractivity contribution in [3.05, 3.63) is 10.6 Å². The number of aryl methyl sites for hydroxylation is 1. The van der Waals surface area contributed by atoms with E-state index in [1.54, 1.807) is 11.3 Å². The monoisotopic (exact) mass is 292 g/mol. The molecule has 1 saturated carbocycles. The van der Waals surface area contributed by atoms with Gasteiger partial charge in [0.25, 0.3) is 0 Å². The Bertz CT molecular complexity index is 489. The number of fused-ring (bicyclic) bond motifs is 1. The molecule has 0 aliphatic heterocycles. The average Bonchev–Trinajstić information content (AvgIpc) is 2.92. The summed E-state index contributed by atoms with van der Waals surface area (Å²) in [5.74, 6) is 1.17. The molecule has 1 fully saturated rings. The van der Waals surface area contributed by atoms with E-state index in [0.717, 1.165) is 29.6 Å². The van der Waals surface area contributed by atoms with E-state index in [2.05, 4.69) is 23.9 Å². The van der Waals surface area contributed by atoms with Gasteiger partial charge in [-0.15, -0.1) is 11.3 Å². The third kappa shape index (κ3) is 2.62. The van der Waals surface area contributed by atoms with E-state index in [1.807, 2.05) is 0 Å². The van der Waals surface area contributed by atoms with Crippen molar-refractivity contribution in [2.24, 2.45) is 5.92 Å². The molecule has 20 heavy (non-hydrogen) atoms. The molecule has 3 rings (SSSR count). The highest BCUT2D eigenvalue weighted by Crippen LogP contribution is 2.35. The van der Waals surface area contributed by atoms with E-state index in [4.69, 9.17) is 0 Å². The molecule has 0 aromatic carbocycles. The summed E-state index contributed by atoms with van der Waals surface area (Å²) in [6.45, 7) is 2.30. The Morgan fingerprint density at radius 3 is 2.65 bits per heavy atom. The van der Waals surface area contributed by atoms with Gasteiger partial charge >= 0.3 is 0 Å². The quantitative estimate of drug-likeness (QED) is 0.842. The number of hydrogen-bond acceptors (Lipinski definition) is 4. The van der Waals surface area contributed by atoms with Gasteiger partial charge in [0.1, 0.15) is 5.69 Å². The predicted molar refractivity (Wildman–Crippen MR) is 83.8 cm³/mol. The lowest BCUT2D eigenvalue weighted by molar-refractivity contribution is 0.0968. The number of anilines is 1. The third-order valence-electron chi connectivity index (χ3n) is 5.00. The first-order valence-corrected chi connectivity index (χ1v) is 8.76. The van der Waals surface area contributed by atoms with Crippen LogP contribution in [0.1, 0.15) is 67.2 Å². The fourth-order valence-electron chi connectivity index (χ4n) is 3.50. The molecule has 0 atom stereocenters. The van der Waals surface area contributed by atoms with E-state index in [0.29, 0.717) is 12.5 Å². The zero-order valence-electron chi connectivity index (χ0n) is 12.5. The summed E-state index contributed by atoms with van der Waals surface area (Å²) in [6, 6.07) is 0.612. The molecule has 1 aromatic rings. The maximum absolute atomic E-state index is 11.9. The number of aromatic nitrogens is 1. The van der Waals surface area contributed by atoms with Crippen LogP contribution in [0.5, 0.6) is 0 Å². The second kappa shape index (κ2) is 5.84. The van der Waals surface area contributed by atoms with Gasteiger partial charge in [0.15, 0.2) is 10.9 Å². The summed E-state index contributed by atoms with van der Waals surface area (Å²) >= 11 is 1.74. The third-order valence-corrected chi connectivity index (χ3v) is 6.21. The topological polar surface area (TPSA) is 33.2 Å². The molecule has 0 radical (unpaired) electrons. The average molecular weight is 292 g/mol. The number of carbonyl (C=O) groups excluding carboxylic acids is 1. The Balaban J connectivity index is 1.71. The molecule has 3 nitrogen and oxygen atoms in total. The highest BCUT2D eigenvalue weighted by atomic mass is 32.1. The molecule has 4 heteroatoms. The molecule has 0 saturated heterocycles. The molecule has 0 spiro atoms. The predicted octanol–water partition coefficient (Wildman–Crippen LogP) is 4.07. The number of Topliss-reactive ketones (excluding diaryl/α,β-unsaturated/α-hetero) is 1. The molecule has 110 valence electrons. The van der Waals surface area contributed by atoms with Crippen molar-refractivity contribution in [2.75, 3.05) is 11.9 Å². The van der Waals surface area contributed by atoms with Gasteiger partial charge in [-0.1, -0.05) is 13.3 Å². The minimum atomic E-state index is 0.247. The lowest BCUT2D eigenvalue weighted by Crippen LogP contribution is -2.35. The number of hydrogen-bond donors (Lipinski definition) is 0. The molecular formula is C16H24N2OS. The number of ketones is 1. The molecule has 2 aliphatic rings. The fourth-order valence-corrected chi connectivity index (χ4v) is 4.65. The van der Waals surface area contributed by atoms with Crippen LogP contribution in [0.2, 0.25) is 0 Å². The maximum atomic E-state index is 11.9. The van der Waals surface area contributed by atoms with Gasteiger partial charge < -0.3 is 4.90 Å². The second-order valence-corrected chi connectivity index (χ2v) is 7.30. The van der Waals surface area contributed by atoms with Crippen molar-refractivity contribution in [3.63, 3.8) is 0 Å². The van der Waals surface area contributed by atoms with Crippen LogP contribution >= 0.6 is 11.3 Å². The van der Waals surface area contributed by atoms with E-state index in [-0.39, 0.29) is 5.78 Å². The Morgan fingerprint density at radius 1 is 1.25 bits per heavy atom. The molecule has 0 amide bonds. The van der Waals surface area contributed by atoms with Gasteiger partial charge in [0.2, 0.25) is 0 Å². The van der Waals surface area contributed by atoms with Gasteiger partial charge in [0.05, 0.1) is 0 Å². The molecule has 0 N–H and O–H groups in total. The first-order valence-electron chi connectivity index (χ1n) is 7.94. The summed E-state index contributed by atoms with van der Waals surface area (Å²) < 4.78 is 0. The van der Waals surface area contributed by atoms with E-state index >= 15 is 0 Å². The van der Waals surface area contributed by atoms with Crippen molar-refractivity contribution in [1.29, 1.82) is 0 Å². The lowest BCUT2D eigenvalue weighted by atomic mass is 9.84. The largest absolute Gasteiger partial charge is 0.348 e. The fraction of sp³-hybridized carbons (Fsp3) is 0.750. The first-order chi connectivity index (χ1) is 9.69. The van der Waals surface area contributed by atoms with Gasteiger partial charge in [-0.25, -0.2) is 4.98 Å². The number of thiazole rings is 1. The summed E-state index contributed by atoms with van der Waals surface area (Å²) in [5.41, 5.74) is 0.769. The van der Waals surface area contributed by atoms with Gasteiger partial charge in [-0.3, -0.25) is 4.79 Å². The summed E-state index contributed by atoms with van der Waals surface area (Å²) in [5, 5.41) is 1.06. The van der Waals surface area contributed by atoms with Crippen LogP contribution in [0.4, 0.5) is 5.13 Å². The standard InChI is InChI=1S/C16H24N2OS/c1-3-11-7-9-12(10-8-11)18(2)16-17-15-13(19)5-4-6-14(15)20-16/h11-12H,3-10H2,1-2H3. The van der Waals surface area contributed by atoms with Crippen molar-refractivity contribution in [1.82, 2.24) is 4.98 Å². The zero-order chi connectivity index (χ0) is 14.1. The van der Waals surface area contributed by atoms with Crippen molar-refractivity contribution < 1.29 is 4.79 Å². The van der Waals surface area contributed by atoms with Crippen LogP contribution in [0.3, 0.4) is 0 Å². The minimum absolute atomic E-state index is 0.247. The summed E-state index contributed by atoms with van der Waals surface area (Å²) in [6.07, 6.45) is 9.26. The number of carbonyl (C=O) groups is 1. The van der Waals surface area contributed by atoms with Gasteiger partial charge in [-0.05, 0) is 44.4 Å². The second-order valence-electron chi connectivity index (χ2n) is 6.24. The number of nitrogens with zero attached hydrogens (tertiary/aromatic N) is 2. The maximum Gasteiger partial charge on any atom is 0.186 e. The van der Waals surface area contributed by atoms with E-state index in [1.165, 1.54) is 37.0 Å². The minimum Gasteiger partial charge on any atom is -0.348 e. The number of rotatable bonds is 3. The molecule has 1 aromatic heterocycles.